The second-order valence-corrected chi connectivity index (χ2v) is 8.59. The zero-order valence-electron chi connectivity index (χ0n) is 15.0. The van der Waals surface area contributed by atoms with Gasteiger partial charge in [-0.25, -0.2) is 9.97 Å². The Morgan fingerprint density at radius 1 is 1.15 bits per heavy atom. The van der Waals surface area contributed by atoms with Crippen LogP contribution >= 0.6 is 27.7 Å². The van der Waals surface area contributed by atoms with Crippen molar-refractivity contribution in [3.8, 4) is 0 Å². The molecule has 0 saturated heterocycles. The first kappa shape index (κ1) is 18.3. The van der Waals surface area contributed by atoms with Gasteiger partial charge in [0.15, 0.2) is 10.7 Å². The molecule has 5 nitrogen and oxygen atoms in total. The number of rotatable bonds is 5. The van der Waals surface area contributed by atoms with Gasteiger partial charge in [-0.2, -0.15) is 0 Å². The molecule has 2 aromatic heterocycles. The SMILES string of the molecule is CC(C)Cn1c(SCc2nc3ccccc3o2)nc2ccc(Br)cc2c1=O. The van der Waals surface area contributed by atoms with Crippen molar-refractivity contribution < 1.29 is 4.42 Å². The number of fused-ring (bicyclic) bond motifs is 2. The van der Waals surface area contributed by atoms with E-state index in [1.807, 2.05) is 42.5 Å². The lowest BCUT2D eigenvalue weighted by atomic mass is 10.2. The lowest BCUT2D eigenvalue weighted by Gasteiger charge is -2.14. The molecule has 4 aromatic rings. The summed E-state index contributed by atoms with van der Waals surface area (Å²) in [5.41, 5.74) is 2.28. The fraction of sp³-hybridized carbons (Fsp3) is 0.250. The van der Waals surface area contributed by atoms with E-state index in [1.165, 1.54) is 11.8 Å². The number of benzene rings is 2. The van der Waals surface area contributed by atoms with Crippen molar-refractivity contribution in [2.45, 2.75) is 31.3 Å². The summed E-state index contributed by atoms with van der Waals surface area (Å²) in [7, 11) is 0. The van der Waals surface area contributed by atoms with Crippen molar-refractivity contribution in [1.29, 1.82) is 0 Å². The highest BCUT2D eigenvalue weighted by molar-refractivity contribution is 9.10. The minimum Gasteiger partial charge on any atom is -0.440 e. The number of halogens is 1. The third-order valence-electron chi connectivity index (χ3n) is 4.09. The fourth-order valence-electron chi connectivity index (χ4n) is 2.92. The summed E-state index contributed by atoms with van der Waals surface area (Å²) >= 11 is 4.91. The second kappa shape index (κ2) is 7.48. The third-order valence-corrected chi connectivity index (χ3v) is 5.55. The quantitative estimate of drug-likeness (QED) is 0.311. The van der Waals surface area contributed by atoms with Gasteiger partial charge in [0.05, 0.1) is 16.7 Å². The molecule has 27 heavy (non-hydrogen) atoms. The highest BCUT2D eigenvalue weighted by Crippen LogP contribution is 2.25. The van der Waals surface area contributed by atoms with Crippen molar-refractivity contribution in [2.24, 2.45) is 5.92 Å². The summed E-state index contributed by atoms with van der Waals surface area (Å²) < 4.78 is 8.42. The first-order chi connectivity index (χ1) is 13.0. The monoisotopic (exact) mass is 443 g/mol. The first-order valence-corrected chi connectivity index (χ1v) is 10.5. The Balaban J connectivity index is 1.72. The van der Waals surface area contributed by atoms with Gasteiger partial charge in [-0.15, -0.1) is 0 Å². The van der Waals surface area contributed by atoms with E-state index < -0.39 is 0 Å². The summed E-state index contributed by atoms with van der Waals surface area (Å²) in [5, 5.41) is 1.31. The zero-order chi connectivity index (χ0) is 19.0. The summed E-state index contributed by atoms with van der Waals surface area (Å²) in [6.07, 6.45) is 0. The highest BCUT2D eigenvalue weighted by atomic mass is 79.9. The first-order valence-electron chi connectivity index (χ1n) is 8.68. The van der Waals surface area contributed by atoms with Crippen LogP contribution in [0, 0.1) is 5.92 Å². The molecule has 0 aliphatic carbocycles. The lowest BCUT2D eigenvalue weighted by Crippen LogP contribution is -2.25. The van der Waals surface area contributed by atoms with Crippen molar-refractivity contribution in [3.63, 3.8) is 0 Å². The van der Waals surface area contributed by atoms with Gasteiger partial charge in [-0.05, 0) is 36.2 Å². The van der Waals surface area contributed by atoms with Gasteiger partial charge in [0.1, 0.15) is 5.52 Å². The second-order valence-electron chi connectivity index (χ2n) is 6.73. The average molecular weight is 444 g/mol. The average Bonchev–Trinajstić information content (AvgIpc) is 3.06. The summed E-state index contributed by atoms with van der Waals surface area (Å²) in [4.78, 5) is 22.3. The fourth-order valence-corrected chi connectivity index (χ4v) is 4.13. The predicted octanol–water partition coefficient (Wildman–Crippen LogP) is 5.25. The molecule has 0 aliphatic heterocycles. The van der Waals surface area contributed by atoms with Crippen molar-refractivity contribution >= 4 is 49.7 Å². The number of para-hydroxylation sites is 2. The summed E-state index contributed by atoms with van der Waals surface area (Å²) in [6.45, 7) is 4.80. The van der Waals surface area contributed by atoms with Gasteiger partial charge < -0.3 is 4.42 Å². The molecule has 2 aromatic carbocycles. The molecule has 0 saturated carbocycles. The molecule has 0 atom stereocenters. The minimum absolute atomic E-state index is 0.0185. The molecule has 0 unspecified atom stereocenters. The summed E-state index contributed by atoms with van der Waals surface area (Å²) in [6, 6.07) is 13.3. The smallest absolute Gasteiger partial charge is 0.262 e. The van der Waals surface area contributed by atoms with Crippen molar-refractivity contribution in [1.82, 2.24) is 14.5 Å². The van der Waals surface area contributed by atoms with Crippen LogP contribution in [0.1, 0.15) is 19.7 Å². The van der Waals surface area contributed by atoms with E-state index in [0.29, 0.717) is 40.2 Å². The molecule has 0 radical (unpaired) electrons. The number of nitrogens with zero attached hydrogens (tertiary/aromatic N) is 3. The van der Waals surface area contributed by atoms with Gasteiger partial charge in [-0.3, -0.25) is 9.36 Å². The number of hydrogen-bond acceptors (Lipinski definition) is 5. The molecule has 0 spiro atoms. The Morgan fingerprint density at radius 2 is 1.96 bits per heavy atom. The molecule has 0 N–H and O–H groups in total. The Bertz CT molecular complexity index is 1150. The van der Waals surface area contributed by atoms with E-state index in [9.17, 15) is 4.79 Å². The highest BCUT2D eigenvalue weighted by Gasteiger charge is 2.15. The largest absolute Gasteiger partial charge is 0.440 e. The molecule has 138 valence electrons. The molecular formula is C20H18BrN3O2S. The standard InChI is InChI=1S/C20H18BrN3O2S/c1-12(2)10-24-19(25)14-9-13(21)7-8-15(14)23-20(24)27-11-18-22-16-5-3-4-6-17(16)26-18/h3-9,12H,10-11H2,1-2H3. The minimum atomic E-state index is -0.0185. The van der Waals surface area contributed by atoms with Crippen molar-refractivity contribution in [2.75, 3.05) is 0 Å². The molecule has 0 bridgehead atoms. The van der Waals surface area contributed by atoms with Gasteiger partial charge in [-0.1, -0.05) is 53.7 Å². The Hall–Kier alpha value is -2.12. The molecule has 2 heterocycles. The van der Waals surface area contributed by atoms with Crippen LogP contribution in [0.15, 0.2) is 61.3 Å². The summed E-state index contributed by atoms with van der Waals surface area (Å²) in [5.74, 6) is 1.47. The van der Waals surface area contributed by atoms with E-state index in [-0.39, 0.29) is 5.56 Å². The van der Waals surface area contributed by atoms with E-state index in [2.05, 4.69) is 34.8 Å². The number of aromatic nitrogens is 3. The maximum absolute atomic E-state index is 13.0. The van der Waals surface area contributed by atoms with E-state index >= 15 is 0 Å². The van der Waals surface area contributed by atoms with E-state index in [1.54, 1.807) is 4.57 Å². The number of oxazole rings is 1. The predicted molar refractivity (Wildman–Crippen MR) is 112 cm³/mol. The Morgan fingerprint density at radius 3 is 2.74 bits per heavy atom. The van der Waals surface area contributed by atoms with Crippen LogP contribution in [0.3, 0.4) is 0 Å². The third kappa shape index (κ3) is 3.80. The van der Waals surface area contributed by atoms with Crippen molar-refractivity contribution in [3.05, 3.63) is 63.2 Å². The van der Waals surface area contributed by atoms with E-state index in [4.69, 9.17) is 9.40 Å². The van der Waals surface area contributed by atoms with Gasteiger partial charge in [0, 0.05) is 11.0 Å². The Labute approximate surface area is 168 Å². The van der Waals surface area contributed by atoms with Gasteiger partial charge in [0.25, 0.3) is 5.56 Å². The van der Waals surface area contributed by atoms with Crippen LogP contribution in [-0.2, 0) is 12.3 Å². The molecule has 0 amide bonds. The van der Waals surface area contributed by atoms with Crippen LogP contribution in [-0.4, -0.2) is 14.5 Å². The van der Waals surface area contributed by atoms with Crippen LogP contribution in [0.4, 0.5) is 0 Å². The van der Waals surface area contributed by atoms with Gasteiger partial charge >= 0.3 is 0 Å². The molecule has 4 rings (SSSR count). The van der Waals surface area contributed by atoms with Crippen LogP contribution in [0.25, 0.3) is 22.0 Å². The normalized spacial score (nSPS) is 11.7. The molecule has 0 aliphatic rings. The van der Waals surface area contributed by atoms with Crippen LogP contribution < -0.4 is 5.56 Å². The molecule has 0 fully saturated rings. The zero-order valence-corrected chi connectivity index (χ0v) is 17.4. The topological polar surface area (TPSA) is 60.9 Å². The maximum Gasteiger partial charge on any atom is 0.262 e. The van der Waals surface area contributed by atoms with Gasteiger partial charge in [0.2, 0.25) is 5.89 Å². The molecular weight excluding hydrogens is 426 g/mol. The number of thioether (sulfide) groups is 1. The molecule has 7 heteroatoms. The number of hydrogen-bond donors (Lipinski definition) is 0. The Kier molecular flexibility index (Phi) is 5.06. The maximum atomic E-state index is 13.0. The lowest BCUT2D eigenvalue weighted by molar-refractivity contribution is 0.474. The van der Waals surface area contributed by atoms with E-state index in [0.717, 1.165) is 15.6 Å². The van der Waals surface area contributed by atoms with Crippen LogP contribution in [0.5, 0.6) is 0 Å². The van der Waals surface area contributed by atoms with Crippen LogP contribution in [0.2, 0.25) is 0 Å².